The summed E-state index contributed by atoms with van der Waals surface area (Å²) in [5.41, 5.74) is 2.07. The molecule has 0 spiro atoms. The summed E-state index contributed by atoms with van der Waals surface area (Å²) in [7, 11) is 4.30. The van der Waals surface area contributed by atoms with Crippen molar-refractivity contribution in [3.63, 3.8) is 0 Å². The summed E-state index contributed by atoms with van der Waals surface area (Å²) in [5.74, 6) is 1.43. The van der Waals surface area contributed by atoms with Gasteiger partial charge in [0.05, 0.1) is 0 Å². The first-order valence-electron chi connectivity index (χ1n) is 10.9. The van der Waals surface area contributed by atoms with Crippen molar-refractivity contribution in [2.75, 3.05) is 55.4 Å². The van der Waals surface area contributed by atoms with E-state index in [1.54, 1.807) is 18.5 Å². The van der Waals surface area contributed by atoms with E-state index in [1.165, 1.54) is 25.1 Å². The van der Waals surface area contributed by atoms with Gasteiger partial charge < -0.3 is 20.0 Å². The molecule has 30 heavy (non-hydrogen) atoms. The number of hydrogen-bond donors (Lipinski definition) is 1. The van der Waals surface area contributed by atoms with Crippen LogP contribution in [0.4, 0.5) is 17.3 Å². The third kappa shape index (κ3) is 4.90. The molecule has 4 rings (SSSR count). The molecule has 0 radical (unpaired) electrons. The number of nitrogens with zero attached hydrogens (tertiary/aromatic N) is 5. The Kier molecular flexibility index (Phi) is 6.47. The summed E-state index contributed by atoms with van der Waals surface area (Å²) in [6, 6.07) is 9.83. The molecule has 7 nitrogen and oxygen atoms in total. The lowest BCUT2D eigenvalue weighted by Gasteiger charge is -2.34. The minimum Gasteiger partial charge on any atom is -0.372 e. The van der Waals surface area contributed by atoms with Crippen molar-refractivity contribution >= 4 is 23.2 Å². The Morgan fingerprint density at radius 3 is 2.43 bits per heavy atom. The highest BCUT2D eigenvalue weighted by atomic mass is 16.2. The van der Waals surface area contributed by atoms with Gasteiger partial charge in [-0.2, -0.15) is 0 Å². The molecule has 1 atom stereocenters. The Morgan fingerprint density at radius 2 is 1.77 bits per heavy atom. The van der Waals surface area contributed by atoms with Crippen molar-refractivity contribution in [2.24, 2.45) is 5.92 Å². The molecule has 0 unspecified atom stereocenters. The summed E-state index contributed by atoms with van der Waals surface area (Å²) in [4.78, 5) is 28.2. The fraction of sp³-hybridized carbons (Fsp3) is 0.522. The number of benzene rings is 1. The van der Waals surface area contributed by atoms with Gasteiger partial charge in [0.25, 0.3) is 0 Å². The minimum atomic E-state index is -0.220. The number of carbonyl (C=O) groups is 1. The monoisotopic (exact) mass is 408 g/mol. The van der Waals surface area contributed by atoms with Gasteiger partial charge in [0.15, 0.2) is 0 Å². The molecule has 0 bridgehead atoms. The highest BCUT2D eigenvalue weighted by molar-refractivity contribution is 5.97. The van der Waals surface area contributed by atoms with Crippen LogP contribution in [0, 0.1) is 5.92 Å². The number of nitrogens with one attached hydrogen (secondary N) is 1. The van der Waals surface area contributed by atoms with E-state index in [2.05, 4.69) is 51.3 Å². The first-order valence-corrected chi connectivity index (χ1v) is 10.9. The van der Waals surface area contributed by atoms with Gasteiger partial charge in [-0.25, -0.2) is 9.97 Å². The SMILES string of the molecule is CN(C)CC1CCN(c2ccc(NC(=O)[C@H]3CCCN3c3ncccn3)cc2)CC1. The van der Waals surface area contributed by atoms with Crippen LogP contribution in [0.2, 0.25) is 0 Å². The van der Waals surface area contributed by atoms with Crippen molar-refractivity contribution in [3.05, 3.63) is 42.7 Å². The van der Waals surface area contributed by atoms with Crippen LogP contribution in [0.1, 0.15) is 25.7 Å². The topological polar surface area (TPSA) is 64.6 Å². The normalized spacial score (nSPS) is 20.0. The maximum absolute atomic E-state index is 12.9. The molecule has 0 saturated carbocycles. The van der Waals surface area contributed by atoms with Gasteiger partial charge in [-0.3, -0.25) is 4.79 Å². The van der Waals surface area contributed by atoms with Gasteiger partial charge in [-0.1, -0.05) is 0 Å². The summed E-state index contributed by atoms with van der Waals surface area (Å²) in [6.45, 7) is 4.17. The van der Waals surface area contributed by atoms with Crippen LogP contribution < -0.4 is 15.1 Å². The molecule has 2 fully saturated rings. The second-order valence-corrected chi connectivity index (χ2v) is 8.63. The molecule has 2 aromatic rings. The van der Waals surface area contributed by atoms with Crippen LogP contribution in [-0.2, 0) is 4.79 Å². The van der Waals surface area contributed by atoms with Crippen molar-refractivity contribution in [2.45, 2.75) is 31.7 Å². The summed E-state index contributed by atoms with van der Waals surface area (Å²) in [5, 5.41) is 3.08. The fourth-order valence-corrected chi connectivity index (χ4v) is 4.59. The highest BCUT2D eigenvalue weighted by Gasteiger charge is 2.32. The smallest absolute Gasteiger partial charge is 0.247 e. The molecule has 1 N–H and O–H groups in total. The second-order valence-electron chi connectivity index (χ2n) is 8.63. The maximum atomic E-state index is 12.9. The van der Waals surface area contributed by atoms with Crippen LogP contribution in [0.15, 0.2) is 42.7 Å². The zero-order valence-electron chi connectivity index (χ0n) is 18.0. The average Bonchev–Trinajstić information content (AvgIpc) is 3.25. The number of hydrogen-bond acceptors (Lipinski definition) is 6. The molecule has 2 aliphatic heterocycles. The predicted molar refractivity (Wildman–Crippen MR) is 121 cm³/mol. The predicted octanol–water partition coefficient (Wildman–Crippen LogP) is 2.86. The van der Waals surface area contributed by atoms with Gasteiger partial charge in [-0.15, -0.1) is 0 Å². The molecule has 1 amide bonds. The van der Waals surface area contributed by atoms with E-state index in [1.807, 2.05) is 17.0 Å². The van der Waals surface area contributed by atoms with E-state index >= 15 is 0 Å². The highest BCUT2D eigenvalue weighted by Crippen LogP contribution is 2.26. The van der Waals surface area contributed by atoms with Gasteiger partial charge in [0.1, 0.15) is 6.04 Å². The Balaban J connectivity index is 1.33. The van der Waals surface area contributed by atoms with E-state index in [4.69, 9.17) is 0 Å². The van der Waals surface area contributed by atoms with Crippen molar-refractivity contribution in [1.82, 2.24) is 14.9 Å². The van der Waals surface area contributed by atoms with Gasteiger partial charge in [0, 0.05) is 49.9 Å². The quantitative estimate of drug-likeness (QED) is 0.793. The Hall–Kier alpha value is -2.67. The van der Waals surface area contributed by atoms with Gasteiger partial charge in [-0.05, 0) is 76.0 Å². The largest absolute Gasteiger partial charge is 0.372 e. The zero-order chi connectivity index (χ0) is 20.9. The first kappa shape index (κ1) is 20.6. The van der Waals surface area contributed by atoms with E-state index in [0.717, 1.165) is 44.1 Å². The summed E-state index contributed by atoms with van der Waals surface area (Å²) < 4.78 is 0. The van der Waals surface area contributed by atoms with Gasteiger partial charge >= 0.3 is 0 Å². The molecule has 2 aliphatic rings. The summed E-state index contributed by atoms with van der Waals surface area (Å²) >= 11 is 0. The van der Waals surface area contributed by atoms with Crippen LogP contribution in [0.3, 0.4) is 0 Å². The van der Waals surface area contributed by atoms with Crippen LogP contribution in [0.25, 0.3) is 0 Å². The molecular formula is C23H32N6O. The van der Waals surface area contributed by atoms with E-state index in [0.29, 0.717) is 5.95 Å². The third-order valence-corrected chi connectivity index (χ3v) is 6.10. The standard InChI is InChI=1S/C23H32N6O/c1-27(2)17-18-10-15-28(16-11-18)20-8-6-19(7-9-20)26-22(30)21-5-3-14-29(21)23-24-12-4-13-25-23/h4,6-9,12-13,18,21H,3,5,10-11,14-17H2,1-2H3,(H,26,30)/t21-/m1/s1. The minimum absolute atomic E-state index is 0.0113. The first-order chi connectivity index (χ1) is 14.6. The number of piperidine rings is 1. The van der Waals surface area contributed by atoms with Crippen molar-refractivity contribution in [1.29, 1.82) is 0 Å². The number of carbonyl (C=O) groups excluding carboxylic acids is 1. The molecule has 7 heteroatoms. The Morgan fingerprint density at radius 1 is 1.07 bits per heavy atom. The van der Waals surface area contributed by atoms with Crippen LogP contribution in [0.5, 0.6) is 0 Å². The zero-order valence-corrected chi connectivity index (χ0v) is 18.0. The molecule has 1 aromatic carbocycles. The molecular weight excluding hydrogens is 376 g/mol. The van der Waals surface area contributed by atoms with Gasteiger partial charge in [0.2, 0.25) is 11.9 Å². The van der Waals surface area contributed by atoms with E-state index in [-0.39, 0.29) is 11.9 Å². The fourth-order valence-electron chi connectivity index (χ4n) is 4.59. The number of aromatic nitrogens is 2. The summed E-state index contributed by atoms with van der Waals surface area (Å²) in [6.07, 6.45) is 7.70. The molecule has 160 valence electrons. The number of amides is 1. The van der Waals surface area contributed by atoms with E-state index < -0.39 is 0 Å². The number of anilines is 3. The van der Waals surface area contributed by atoms with Crippen LogP contribution >= 0.6 is 0 Å². The second kappa shape index (κ2) is 9.43. The van der Waals surface area contributed by atoms with Crippen molar-refractivity contribution < 1.29 is 4.79 Å². The maximum Gasteiger partial charge on any atom is 0.247 e. The van der Waals surface area contributed by atoms with E-state index in [9.17, 15) is 4.79 Å². The van der Waals surface area contributed by atoms with Crippen LogP contribution in [-0.4, -0.2) is 67.1 Å². The Labute approximate surface area is 179 Å². The molecule has 3 heterocycles. The molecule has 0 aliphatic carbocycles. The lowest BCUT2D eigenvalue weighted by atomic mass is 9.96. The molecule has 1 aromatic heterocycles. The molecule has 2 saturated heterocycles. The average molecular weight is 409 g/mol. The lowest BCUT2D eigenvalue weighted by molar-refractivity contribution is -0.117. The number of rotatable bonds is 6. The lowest BCUT2D eigenvalue weighted by Crippen LogP contribution is -2.40. The third-order valence-electron chi connectivity index (χ3n) is 6.10. The Bertz CT molecular complexity index is 817. The van der Waals surface area contributed by atoms with Crippen molar-refractivity contribution in [3.8, 4) is 0 Å².